The molecule has 0 saturated carbocycles. The minimum Gasteiger partial charge on any atom is -0.375 e. The fourth-order valence-corrected chi connectivity index (χ4v) is 3.25. The predicted molar refractivity (Wildman–Crippen MR) is 111 cm³/mol. The molecule has 0 spiro atoms. The summed E-state index contributed by atoms with van der Waals surface area (Å²) in [6.07, 6.45) is 0.264. The number of anilines is 1. The van der Waals surface area contributed by atoms with Gasteiger partial charge in [0.05, 0.1) is 11.8 Å². The first-order valence-corrected chi connectivity index (χ1v) is 9.40. The van der Waals surface area contributed by atoms with E-state index in [1.165, 1.54) is 12.3 Å². The highest BCUT2D eigenvalue weighted by Gasteiger charge is 2.35. The third-order valence-electron chi connectivity index (χ3n) is 4.58. The van der Waals surface area contributed by atoms with Crippen molar-refractivity contribution in [2.24, 2.45) is 10.8 Å². The van der Waals surface area contributed by atoms with Gasteiger partial charge >= 0.3 is 6.18 Å². The number of pyridine rings is 1. The summed E-state index contributed by atoms with van der Waals surface area (Å²) in [5.74, 6) is 0. The molecule has 0 aliphatic carbocycles. The maximum Gasteiger partial charge on any atom is 0.418 e. The maximum absolute atomic E-state index is 13.7. The van der Waals surface area contributed by atoms with E-state index in [1.807, 2.05) is 12.1 Å². The molecule has 1 aliphatic rings. The summed E-state index contributed by atoms with van der Waals surface area (Å²) in [5, 5.41) is 3.67. The molecule has 29 heavy (non-hydrogen) atoms. The zero-order valence-corrected chi connectivity index (χ0v) is 16.4. The number of thiocarbonyl (C=S) groups is 1. The van der Waals surface area contributed by atoms with Crippen LogP contribution in [-0.2, 0) is 12.7 Å². The van der Waals surface area contributed by atoms with Gasteiger partial charge in [-0.2, -0.15) is 18.3 Å². The van der Waals surface area contributed by atoms with E-state index < -0.39 is 11.7 Å². The molecule has 0 amide bonds. The molecule has 0 radical (unpaired) electrons. The summed E-state index contributed by atoms with van der Waals surface area (Å²) in [5.41, 5.74) is 8.53. The van der Waals surface area contributed by atoms with Crippen LogP contribution in [-0.4, -0.2) is 47.4 Å². The second kappa shape index (κ2) is 9.19. The van der Waals surface area contributed by atoms with E-state index in [0.717, 1.165) is 18.2 Å². The van der Waals surface area contributed by atoms with Crippen LogP contribution in [0.25, 0.3) is 0 Å². The molecule has 1 saturated heterocycles. The minimum absolute atomic E-state index is 0.0569. The van der Waals surface area contributed by atoms with Crippen molar-refractivity contribution in [1.29, 1.82) is 0 Å². The Bertz CT molecular complexity index is 864. The third-order valence-corrected chi connectivity index (χ3v) is 4.67. The summed E-state index contributed by atoms with van der Waals surface area (Å²) < 4.78 is 41.0. The molecule has 1 aliphatic heterocycles. The number of hydrogen-bond donors (Lipinski definition) is 2. The average molecular weight is 422 g/mol. The lowest BCUT2D eigenvalue weighted by atomic mass is 10.1. The van der Waals surface area contributed by atoms with Crippen LogP contribution in [0.3, 0.4) is 0 Å². The van der Waals surface area contributed by atoms with Gasteiger partial charge in [-0.05, 0) is 47.6 Å². The molecule has 3 N–H and O–H groups in total. The average Bonchev–Trinajstić information content (AvgIpc) is 2.68. The number of aromatic nitrogens is 1. The van der Waals surface area contributed by atoms with Crippen LogP contribution < -0.4 is 16.1 Å². The van der Waals surface area contributed by atoms with Crippen LogP contribution in [0.4, 0.5) is 18.9 Å². The molecule has 3 rings (SSSR count). The summed E-state index contributed by atoms with van der Waals surface area (Å²) in [4.78, 5) is 8.00. The van der Waals surface area contributed by atoms with Gasteiger partial charge in [0.25, 0.3) is 0 Å². The van der Waals surface area contributed by atoms with Gasteiger partial charge in [0.15, 0.2) is 5.11 Å². The van der Waals surface area contributed by atoms with Crippen molar-refractivity contribution in [1.82, 2.24) is 15.3 Å². The van der Waals surface area contributed by atoms with Crippen molar-refractivity contribution in [3.8, 4) is 0 Å². The van der Waals surface area contributed by atoms with Crippen molar-refractivity contribution in [3.63, 3.8) is 0 Å². The SMILES string of the molecule is NC(=S)NN=Cc1ccc(N2CCN(Cc3ccncc3)CC2)c(C(F)(F)F)c1. The molecule has 10 heteroatoms. The van der Waals surface area contributed by atoms with Crippen molar-refractivity contribution >= 4 is 29.2 Å². The molecule has 0 atom stereocenters. The molecule has 6 nitrogen and oxygen atoms in total. The minimum atomic E-state index is -4.47. The van der Waals surface area contributed by atoms with Crippen LogP contribution in [0, 0.1) is 0 Å². The zero-order valence-electron chi connectivity index (χ0n) is 15.6. The number of halogens is 3. The maximum atomic E-state index is 13.7. The number of piperazine rings is 1. The highest BCUT2D eigenvalue weighted by molar-refractivity contribution is 7.80. The molecule has 0 unspecified atom stereocenters. The lowest BCUT2D eigenvalue weighted by Crippen LogP contribution is -2.46. The molecule has 2 heterocycles. The van der Waals surface area contributed by atoms with Crippen LogP contribution in [0.1, 0.15) is 16.7 Å². The number of nitrogens with one attached hydrogen (secondary N) is 1. The first-order chi connectivity index (χ1) is 13.8. The molecule has 1 fully saturated rings. The Labute approximate surface area is 172 Å². The van der Waals surface area contributed by atoms with Gasteiger partial charge in [-0.3, -0.25) is 15.3 Å². The Morgan fingerprint density at radius 3 is 2.48 bits per heavy atom. The summed E-state index contributed by atoms with van der Waals surface area (Å²) in [6, 6.07) is 8.06. The van der Waals surface area contributed by atoms with Gasteiger partial charge in [-0.25, -0.2) is 0 Å². The molecule has 0 bridgehead atoms. The van der Waals surface area contributed by atoms with E-state index >= 15 is 0 Å². The second-order valence-electron chi connectivity index (χ2n) is 6.63. The molecule has 2 aromatic rings. The monoisotopic (exact) mass is 422 g/mol. The molecule has 154 valence electrons. The Hall–Kier alpha value is -2.72. The topological polar surface area (TPSA) is 69.8 Å². The number of nitrogens with zero attached hydrogens (tertiary/aromatic N) is 4. The van der Waals surface area contributed by atoms with Gasteiger partial charge in [-0.1, -0.05) is 6.07 Å². The number of rotatable bonds is 5. The lowest BCUT2D eigenvalue weighted by molar-refractivity contribution is -0.137. The van der Waals surface area contributed by atoms with Crippen molar-refractivity contribution in [3.05, 3.63) is 59.4 Å². The smallest absolute Gasteiger partial charge is 0.375 e. The molecule has 1 aromatic heterocycles. The van der Waals surface area contributed by atoms with Gasteiger partial charge in [0, 0.05) is 50.8 Å². The normalized spacial score (nSPS) is 15.6. The van der Waals surface area contributed by atoms with Gasteiger partial charge in [0.2, 0.25) is 0 Å². The van der Waals surface area contributed by atoms with Gasteiger partial charge in [0.1, 0.15) is 0 Å². The first-order valence-electron chi connectivity index (χ1n) is 8.99. The van der Waals surface area contributed by atoms with Crippen molar-refractivity contribution < 1.29 is 13.2 Å². The number of hydrazone groups is 1. The number of hydrogen-bond acceptors (Lipinski definition) is 5. The van der Waals surface area contributed by atoms with Crippen LogP contribution in [0.15, 0.2) is 47.8 Å². The molecule has 1 aromatic carbocycles. The molecular weight excluding hydrogens is 401 g/mol. The van der Waals surface area contributed by atoms with Crippen molar-refractivity contribution in [2.75, 3.05) is 31.1 Å². The van der Waals surface area contributed by atoms with E-state index in [9.17, 15) is 13.2 Å². The van der Waals surface area contributed by atoms with E-state index in [2.05, 4.69) is 32.6 Å². The Morgan fingerprint density at radius 2 is 1.86 bits per heavy atom. The quantitative estimate of drug-likeness (QED) is 0.439. The van der Waals surface area contributed by atoms with E-state index in [-0.39, 0.29) is 10.8 Å². The Kier molecular flexibility index (Phi) is 6.65. The summed E-state index contributed by atoms with van der Waals surface area (Å²) in [6.45, 7) is 3.16. The standard InChI is InChI=1S/C19H21F3N6S/c20-19(21,22)16-11-15(12-25-26-18(23)29)1-2-17(16)28-9-7-27(8-10-28)13-14-3-5-24-6-4-14/h1-6,11-12H,7-10,13H2,(H3,23,26,29). The lowest BCUT2D eigenvalue weighted by Gasteiger charge is -2.37. The zero-order chi connectivity index (χ0) is 20.9. The Balaban J connectivity index is 1.71. The fourth-order valence-electron chi connectivity index (χ4n) is 3.20. The number of benzene rings is 1. The Morgan fingerprint density at radius 1 is 1.17 bits per heavy atom. The number of nitrogens with two attached hydrogens (primary N) is 1. The second-order valence-corrected chi connectivity index (χ2v) is 7.07. The highest BCUT2D eigenvalue weighted by atomic mass is 32.1. The van der Waals surface area contributed by atoms with Crippen LogP contribution in [0.5, 0.6) is 0 Å². The number of alkyl halides is 3. The van der Waals surface area contributed by atoms with Gasteiger partial charge in [-0.15, -0.1) is 0 Å². The van der Waals surface area contributed by atoms with E-state index in [0.29, 0.717) is 31.7 Å². The predicted octanol–water partition coefficient (Wildman–Crippen LogP) is 2.59. The van der Waals surface area contributed by atoms with Crippen LogP contribution >= 0.6 is 12.2 Å². The van der Waals surface area contributed by atoms with Gasteiger partial charge < -0.3 is 10.6 Å². The summed E-state index contributed by atoms with van der Waals surface area (Å²) >= 11 is 4.61. The third kappa shape index (κ3) is 5.88. The highest BCUT2D eigenvalue weighted by Crippen LogP contribution is 2.37. The van der Waals surface area contributed by atoms with Crippen LogP contribution in [0.2, 0.25) is 0 Å². The first kappa shape index (κ1) is 21.0. The van der Waals surface area contributed by atoms with Crippen molar-refractivity contribution in [2.45, 2.75) is 12.7 Å². The fraction of sp³-hybridized carbons (Fsp3) is 0.316. The van der Waals surface area contributed by atoms with E-state index in [4.69, 9.17) is 5.73 Å². The van der Waals surface area contributed by atoms with E-state index in [1.54, 1.807) is 23.4 Å². The largest absolute Gasteiger partial charge is 0.418 e. The summed E-state index contributed by atoms with van der Waals surface area (Å²) in [7, 11) is 0. The molecular formula is C19H21F3N6S.